The Morgan fingerprint density at radius 2 is 0.741 bits per heavy atom. The fourth-order valence-corrected chi connectivity index (χ4v) is 4.14. The molecule has 0 saturated heterocycles. The summed E-state index contributed by atoms with van der Waals surface area (Å²) < 4.78 is 0. The third-order valence-corrected chi connectivity index (χ3v) is 6.16. The second-order valence-electron chi connectivity index (χ2n) is 9.12. The molecule has 1 heteroatoms. The molecule has 0 heterocycles. The van der Waals surface area contributed by atoms with E-state index in [-0.39, 0.29) is 0 Å². The van der Waals surface area contributed by atoms with Crippen molar-refractivity contribution in [2.75, 3.05) is 6.61 Å². The molecule has 1 unspecified atom stereocenters. The molecule has 0 bridgehead atoms. The van der Waals surface area contributed by atoms with Crippen LogP contribution in [0.15, 0.2) is 0 Å². The van der Waals surface area contributed by atoms with Crippen molar-refractivity contribution < 1.29 is 5.11 Å². The molecule has 1 nitrogen and oxygen atoms in total. The van der Waals surface area contributed by atoms with E-state index in [1.807, 2.05) is 0 Å². The molecule has 0 aliphatic rings. The van der Waals surface area contributed by atoms with E-state index >= 15 is 0 Å². The summed E-state index contributed by atoms with van der Waals surface area (Å²) in [6, 6.07) is 0. The van der Waals surface area contributed by atoms with Crippen LogP contribution >= 0.6 is 0 Å². The Labute approximate surface area is 173 Å². The molecule has 0 rings (SSSR count). The largest absolute Gasteiger partial charge is 0.396 e. The van der Waals surface area contributed by atoms with Crippen LogP contribution in [0.1, 0.15) is 155 Å². The number of hydrogen-bond donors (Lipinski definition) is 1. The van der Waals surface area contributed by atoms with Gasteiger partial charge in [0, 0.05) is 6.61 Å². The predicted molar refractivity (Wildman–Crippen MR) is 123 cm³/mol. The monoisotopic (exact) mass is 382 g/mol. The first kappa shape index (κ1) is 27.0. The Morgan fingerprint density at radius 1 is 0.444 bits per heavy atom. The molecular weight excluding hydrogens is 328 g/mol. The summed E-state index contributed by atoms with van der Waals surface area (Å²) in [5.74, 6) is 0.930. The van der Waals surface area contributed by atoms with Crippen LogP contribution < -0.4 is 0 Å². The Hall–Kier alpha value is -0.0400. The van der Waals surface area contributed by atoms with Crippen molar-refractivity contribution >= 4 is 0 Å². The molecule has 0 aliphatic heterocycles. The van der Waals surface area contributed by atoms with Gasteiger partial charge in [0.15, 0.2) is 0 Å². The van der Waals surface area contributed by atoms with Gasteiger partial charge < -0.3 is 5.11 Å². The lowest BCUT2D eigenvalue weighted by Crippen LogP contribution is -1.95. The highest BCUT2D eigenvalue weighted by atomic mass is 16.2. The van der Waals surface area contributed by atoms with Crippen molar-refractivity contribution in [3.63, 3.8) is 0 Å². The van der Waals surface area contributed by atoms with Gasteiger partial charge in [0.2, 0.25) is 0 Å². The summed E-state index contributed by atoms with van der Waals surface area (Å²) in [7, 11) is 0. The summed E-state index contributed by atoms with van der Waals surface area (Å²) in [5.41, 5.74) is 0. The fraction of sp³-hybridized carbons (Fsp3) is 1.00. The van der Waals surface area contributed by atoms with Gasteiger partial charge in [0.05, 0.1) is 0 Å². The lowest BCUT2D eigenvalue weighted by molar-refractivity contribution is 0.282. The molecule has 0 aromatic rings. The first-order valence-corrected chi connectivity index (χ1v) is 12.9. The van der Waals surface area contributed by atoms with E-state index in [4.69, 9.17) is 5.11 Å². The van der Waals surface area contributed by atoms with Gasteiger partial charge in [-0.25, -0.2) is 0 Å². The van der Waals surface area contributed by atoms with Crippen LogP contribution in [-0.2, 0) is 0 Å². The van der Waals surface area contributed by atoms with E-state index in [1.165, 1.54) is 135 Å². The van der Waals surface area contributed by atoms with Gasteiger partial charge in [-0.05, 0) is 12.3 Å². The highest BCUT2D eigenvalue weighted by Gasteiger charge is 2.02. The van der Waals surface area contributed by atoms with Crippen molar-refractivity contribution in [3.8, 4) is 0 Å². The minimum Gasteiger partial charge on any atom is -0.396 e. The lowest BCUT2D eigenvalue weighted by Gasteiger charge is -2.11. The fourth-order valence-electron chi connectivity index (χ4n) is 4.14. The molecule has 0 saturated carbocycles. The van der Waals surface area contributed by atoms with E-state index in [9.17, 15) is 0 Å². The Kier molecular flexibility index (Phi) is 24.0. The molecule has 27 heavy (non-hydrogen) atoms. The third kappa shape index (κ3) is 23.9. The summed E-state index contributed by atoms with van der Waals surface area (Å²) in [4.78, 5) is 0. The van der Waals surface area contributed by atoms with E-state index in [0.29, 0.717) is 6.61 Å². The first-order chi connectivity index (χ1) is 13.3. The second-order valence-corrected chi connectivity index (χ2v) is 9.12. The molecule has 164 valence electrons. The maximum absolute atomic E-state index is 8.77. The standard InChI is InChI=1S/C26H54O/c1-3-4-5-6-7-8-9-10-11-12-13-14-17-20-23-26(2)24-21-18-15-16-19-22-25-27/h26-27H,3-25H2,1-2H3. The van der Waals surface area contributed by atoms with E-state index in [2.05, 4.69) is 13.8 Å². The van der Waals surface area contributed by atoms with Gasteiger partial charge in [-0.15, -0.1) is 0 Å². The summed E-state index contributed by atoms with van der Waals surface area (Å²) >= 11 is 0. The molecule has 0 amide bonds. The topological polar surface area (TPSA) is 20.2 Å². The quantitative estimate of drug-likeness (QED) is 0.175. The molecule has 0 spiro atoms. The van der Waals surface area contributed by atoms with Gasteiger partial charge in [-0.3, -0.25) is 0 Å². The van der Waals surface area contributed by atoms with Crippen LogP contribution in [-0.4, -0.2) is 11.7 Å². The van der Waals surface area contributed by atoms with Gasteiger partial charge in [-0.2, -0.15) is 0 Å². The van der Waals surface area contributed by atoms with Crippen LogP contribution in [0.3, 0.4) is 0 Å². The number of hydrogen-bond acceptors (Lipinski definition) is 1. The van der Waals surface area contributed by atoms with Gasteiger partial charge in [0.1, 0.15) is 0 Å². The van der Waals surface area contributed by atoms with Crippen LogP contribution in [0.25, 0.3) is 0 Å². The molecule has 0 aliphatic carbocycles. The van der Waals surface area contributed by atoms with Gasteiger partial charge in [0.25, 0.3) is 0 Å². The Bertz CT molecular complexity index is 251. The normalized spacial score (nSPS) is 12.6. The summed E-state index contributed by atoms with van der Waals surface area (Å²) in [6.07, 6.45) is 31.0. The third-order valence-electron chi connectivity index (χ3n) is 6.16. The minimum atomic E-state index is 0.371. The molecule has 1 atom stereocenters. The minimum absolute atomic E-state index is 0.371. The maximum atomic E-state index is 8.77. The summed E-state index contributed by atoms with van der Waals surface area (Å²) in [5, 5.41) is 8.77. The zero-order valence-corrected chi connectivity index (χ0v) is 19.3. The SMILES string of the molecule is CCCCCCCCCCCCCCCCC(C)CCCCCCCCO. The van der Waals surface area contributed by atoms with E-state index < -0.39 is 0 Å². The van der Waals surface area contributed by atoms with E-state index in [1.54, 1.807) is 0 Å². The number of aliphatic hydroxyl groups is 1. The lowest BCUT2D eigenvalue weighted by atomic mass is 9.96. The first-order valence-electron chi connectivity index (χ1n) is 12.9. The van der Waals surface area contributed by atoms with Crippen molar-refractivity contribution in [3.05, 3.63) is 0 Å². The van der Waals surface area contributed by atoms with E-state index in [0.717, 1.165) is 12.3 Å². The van der Waals surface area contributed by atoms with Gasteiger partial charge >= 0.3 is 0 Å². The van der Waals surface area contributed by atoms with Crippen molar-refractivity contribution in [2.45, 2.75) is 155 Å². The number of aliphatic hydroxyl groups excluding tert-OH is 1. The number of rotatable bonds is 23. The molecule has 1 N–H and O–H groups in total. The van der Waals surface area contributed by atoms with Crippen LogP contribution in [0.5, 0.6) is 0 Å². The summed E-state index contributed by atoms with van der Waals surface area (Å²) in [6.45, 7) is 5.12. The zero-order chi connectivity index (χ0) is 19.8. The van der Waals surface area contributed by atoms with Crippen molar-refractivity contribution in [1.82, 2.24) is 0 Å². The molecule has 0 fully saturated rings. The Morgan fingerprint density at radius 3 is 1.07 bits per heavy atom. The average molecular weight is 383 g/mol. The maximum Gasteiger partial charge on any atom is 0.0431 e. The number of unbranched alkanes of at least 4 members (excludes halogenated alkanes) is 18. The predicted octanol–water partition coefficient (Wildman–Crippen LogP) is 9.22. The van der Waals surface area contributed by atoms with Crippen LogP contribution in [0, 0.1) is 5.92 Å². The smallest absolute Gasteiger partial charge is 0.0431 e. The average Bonchev–Trinajstić information content (AvgIpc) is 2.67. The van der Waals surface area contributed by atoms with Crippen molar-refractivity contribution in [1.29, 1.82) is 0 Å². The second kappa shape index (κ2) is 24.0. The molecule has 0 aromatic carbocycles. The zero-order valence-electron chi connectivity index (χ0n) is 19.3. The molecular formula is C26H54O. The molecule has 0 radical (unpaired) electrons. The van der Waals surface area contributed by atoms with Crippen LogP contribution in [0.4, 0.5) is 0 Å². The van der Waals surface area contributed by atoms with Gasteiger partial charge in [-0.1, -0.05) is 149 Å². The van der Waals surface area contributed by atoms with Crippen molar-refractivity contribution in [2.24, 2.45) is 5.92 Å². The Balaban J connectivity index is 3.10. The highest BCUT2D eigenvalue weighted by molar-refractivity contribution is 4.56. The van der Waals surface area contributed by atoms with Crippen LogP contribution in [0.2, 0.25) is 0 Å². The molecule has 0 aromatic heterocycles. The highest BCUT2D eigenvalue weighted by Crippen LogP contribution is 2.19.